The molecule has 1 aromatic rings. The Morgan fingerprint density at radius 2 is 2.14 bits per heavy atom. The number of hydrogen-bond acceptors (Lipinski definition) is 4. The maximum atomic E-state index is 11.4. The molecule has 3 unspecified atom stereocenters. The number of nitrogens with two attached hydrogens (primary N) is 1. The number of benzene rings is 1. The van der Waals surface area contributed by atoms with E-state index in [0.717, 1.165) is 25.1 Å². The summed E-state index contributed by atoms with van der Waals surface area (Å²) in [6.45, 7) is 5.24. The molecule has 3 atom stereocenters. The number of hydrogen-bond donors (Lipinski definition) is 2. The maximum absolute atomic E-state index is 11.4. The van der Waals surface area contributed by atoms with Crippen LogP contribution in [0.3, 0.4) is 0 Å². The summed E-state index contributed by atoms with van der Waals surface area (Å²) in [4.78, 5) is 0.140. The van der Waals surface area contributed by atoms with Gasteiger partial charge in [0.15, 0.2) is 0 Å². The van der Waals surface area contributed by atoms with Crippen molar-refractivity contribution in [3.05, 3.63) is 24.3 Å². The molecular formula is C15H22N2O3S. The molecule has 116 valence electrons. The summed E-state index contributed by atoms with van der Waals surface area (Å²) in [7, 11) is -3.67. The standard InChI is InChI=1S/C15H22N2O3S/c1-15(2)13(12-7-4-8-20-14(12)15)17-10-5-3-6-11(9-10)21(16,18)19/h3,5-6,9,12-14,17H,4,7-8H2,1-2H3,(H2,16,18,19). The maximum Gasteiger partial charge on any atom is 0.238 e. The van der Waals surface area contributed by atoms with Crippen LogP contribution in [-0.2, 0) is 14.8 Å². The van der Waals surface area contributed by atoms with Gasteiger partial charge in [-0.25, -0.2) is 13.6 Å². The van der Waals surface area contributed by atoms with Crippen molar-refractivity contribution >= 4 is 15.7 Å². The molecular weight excluding hydrogens is 288 g/mol. The van der Waals surface area contributed by atoms with E-state index in [2.05, 4.69) is 19.2 Å². The van der Waals surface area contributed by atoms with Gasteiger partial charge in [-0.3, -0.25) is 0 Å². The lowest BCUT2D eigenvalue weighted by Crippen LogP contribution is -2.67. The predicted molar refractivity (Wildman–Crippen MR) is 81.5 cm³/mol. The molecule has 1 saturated carbocycles. The van der Waals surface area contributed by atoms with Crippen LogP contribution in [0.1, 0.15) is 26.7 Å². The van der Waals surface area contributed by atoms with Gasteiger partial charge in [0, 0.05) is 29.7 Å². The highest BCUT2D eigenvalue weighted by atomic mass is 32.2. The highest BCUT2D eigenvalue weighted by Gasteiger charge is 2.57. The number of primary sulfonamides is 1. The zero-order valence-corrected chi connectivity index (χ0v) is 13.2. The van der Waals surface area contributed by atoms with Crippen LogP contribution in [0.2, 0.25) is 0 Å². The molecule has 2 fully saturated rings. The first-order valence-corrected chi connectivity index (χ1v) is 8.86. The minimum absolute atomic E-state index is 0.0443. The lowest BCUT2D eigenvalue weighted by atomic mass is 9.55. The average Bonchev–Trinajstić information content (AvgIpc) is 2.44. The van der Waals surface area contributed by atoms with Gasteiger partial charge in [0.05, 0.1) is 11.0 Å². The van der Waals surface area contributed by atoms with E-state index in [-0.39, 0.29) is 10.3 Å². The van der Waals surface area contributed by atoms with Gasteiger partial charge in [-0.05, 0) is 31.0 Å². The number of rotatable bonds is 3. The molecule has 5 nitrogen and oxygen atoms in total. The molecule has 3 rings (SSSR count). The molecule has 2 aliphatic rings. The summed E-state index contributed by atoms with van der Waals surface area (Å²) in [5, 5.41) is 8.67. The Hall–Kier alpha value is -1.11. The first-order chi connectivity index (χ1) is 9.80. The molecule has 6 heteroatoms. The van der Waals surface area contributed by atoms with Crippen LogP contribution >= 0.6 is 0 Å². The van der Waals surface area contributed by atoms with E-state index in [0.29, 0.717) is 18.1 Å². The van der Waals surface area contributed by atoms with Crippen molar-refractivity contribution in [2.24, 2.45) is 16.5 Å². The van der Waals surface area contributed by atoms with E-state index in [1.807, 2.05) is 6.07 Å². The van der Waals surface area contributed by atoms with Crippen LogP contribution in [0, 0.1) is 11.3 Å². The molecule has 0 radical (unpaired) electrons. The zero-order chi connectivity index (χ0) is 15.3. The normalized spacial score (nSPS) is 31.1. The average molecular weight is 310 g/mol. The van der Waals surface area contributed by atoms with E-state index in [4.69, 9.17) is 9.88 Å². The molecule has 21 heavy (non-hydrogen) atoms. The van der Waals surface area contributed by atoms with Crippen LogP contribution < -0.4 is 10.5 Å². The SMILES string of the molecule is CC1(C)C(Nc2cccc(S(N)(=O)=O)c2)C2CCCOC21. The summed E-state index contributed by atoms with van der Waals surface area (Å²) in [5.74, 6) is 0.492. The second-order valence-corrected chi connectivity index (χ2v) is 8.18. The van der Waals surface area contributed by atoms with Crippen molar-refractivity contribution in [3.8, 4) is 0 Å². The summed E-state index contributed by atoms with van der Waals surface area (Å²) < 4.78 is 28.8. The van der Waals surface area contributed by atoms with Gasteiger partial charge < -0.3 is 10.1 Å². The first kappa shape index (κ1) is 14.8. The van der Waals surface area contributed by atoms with Gasteiger partial charge in [0.1, 0.15) is 0 Å². The van der Waals surface area contributed by atoms with E-state index in [1.54, 1.807) is 12.1 Å². The van der Waals surface area contributed by atoms with Crippen molar-refractivity contribution < 1.29 is 13.2 Å². The summed E-state index contributed by atoms with van der Waals surface area (Å²) in [6.07, 6.45) is 2.54. The third-order valence-corrected chi connectivity index (χ3v) is 5.73. The van der Waals surface area contributed by atoms with Crippen LogP contribution in [0.25, 0.3) is 0 Å². The summed E-state index contributed by atoms with van der Waals surface area (Å²) in [5.41, 5.74) is 0.839. The largest absolute Gasteiger partial charge is 0.381 e. The van der Waals surface area contributed by atoms with E-state index in [9.17, 15) is 8.42 Å². The van der Waals surface area contributed by atoms with Gasteiger partial charge >= 0.3 is 0 Å². The van der Waals surface area contributed by atoms with Crippen molar-refractivity contribution in [1.82, 2.24) is 0 Å². The molecule has 1 aliphatic carbocycles. The van der Waals surface area contributed by atoms with Gasteiger partial charge in [0.2, 0.25) is 10.0 Å². The fraction of sp³-hybridized carbons (Fsp3) is 0.600. The minimum Gasteiger partial charge on any atom is -0.381 e. The fourth-order valence-electron chi connectivity index (χ4n) is 3.76. The van der Waals surface area contributed by atoms with Crippen LogP contribution in [0.15, 0.2) is 29.2 Å². The number of sulfonamides is 1. The lowest BCUT2D eigenvalue weighted by molar-refractivity contribution is -0.177. The third kappa shape index (κ3) is 2.56. The summed E-state index contributed by atoms with van der Waals surface area (Å²) >= 11 is 0. The van der Waals surface area contributed by atoms with Crippen molar-refractivity contribution in [2.75, 3.05) is 11.9 Å². The van der Waals surface area contributed by atoms with Gasteiger partial charge in [-0.1, -0.05) is 19.9 Å². The number of ether oxygens (including phenoxy) is 1. The first-order valence-electron chi connectivity index (χ1n) is 7.31. The second-order valence-electron chi connectivity index (χ2n) is 6.61. The fourth-order valence-corrected chi connectivity index (χ4v) is 4.32. The van der Waals surface area contributed by atoms with E-state index in [1.165, 1.54) is 6.07 Å². The molecule has 1 heterocycles. The van der Waals surface area contributed by atoms with Gasteiger partial charge in [0.25, 0.3) is 0 Å². The van der Waals surface area contributed by atoms with Crippen molar-refractivity contribution in [2.45, 2.75) is 43.7 Å². The Morgan fingerprint density at radius 3 is 2.86 bits per heavy atom. The molecule has 0 bridgehead atoms. The highest BCUT2D eigenvalue weighted by Crippen LogP contribution is 2.52. The molecule has 1 saturated heterocycles. The Labute approximate surface area is 125 Å². The van der Waals surface area contributed by atoms with Crippen LogP contribution in [0.4, 0.5) is 5.69 Å². The number of nitrogens with one attached hydrogen (secondary N) is 1. The monoisotopic (exact) mass is 310 g/mol. The topological polar surface area (TPSA) is 81.4 Å². The molecule has 3 N–H and O–H groups in total. The third-order valence-electron chi connectivity index (χ3n) is 4.82. The molecule has 0 aromatic heterocycles. The van der Waals surface area contributed by atoms with Crippen LogP contribution in [0.5, 0.6) is 0 Å². The summed E-state index contributed by atoms with van der Waals surface area (Å²) in [6, 6.07) is 6.99. The van der Waals surface area contributed by atoms with Crippen molar-refractivity contribution in [3.63, 3.8) is 0 Å². The Morgan fingerprint density at radius 1 is 1.38 bits per heavy atom. The molecule has 0 spiro atoms. The van der Waals surface area contributed by atoms with Gasteiger partial charge in [-0.15, -0.1) is 0 Å². The lowest BCUT2D eigenvalue weighted by Gasteiger charge is -2.60. The van der Waals surface area contributed by atoms with Crippen molar-refractivity contribution in [1.29, 1.82) is 0 Å². The quantitative estimate of drug-likeness (QED) is 0.894. The number of anilines is 1. The Bertz CT molecular complexity index is 642. The van der Waals surface area contributed by atoms with Gasteiger partial charge in [-0.2, -0.15) is 0 Å². The predicted octanol–water partition coefficient (Wildman–Crippen LogP) is 1.95. The van der Waals surface area contributed by atoms with Crippen LogP contribution in [-0.4, -0.2) is 27.2 Å². The highest BCUT2D eigenvalue weighted by molar-refractivity contribution is 7.89. The molecule has 1 aliphatic heterocycles. The zero-order valence-electron chi connectivity index (χ0n) is 12.4. The molecule has 0 amide bonds. The molecule has 1 aromatic carbocycles. The minimum atomic E-state index is -3.67. The van der Waals surface area contributed by atoms with E-state index >= 15 is 0 Å². The smallest absolute Gasteiger partial charge is 0.238 e. The Kier molecular flexibility index (Phi) is 3.50. The van der Waals surface area contributed by atoms with E-state index < -0.39 is 10.0 Å². The Balaban J connectivity index is 1.81. The second kappa shape index (κ2) is 4.97. The number of fused-ring (bicyclic) bond motifs is 1.